The maximum absolute atomic E-state index is 13.0. The molecular weight excluding hydrogens is 309 g/mol. The summed E-state index contributed by atoms with van der Waals surface area (Å²) in [5.74, 6) is -0.286. The second-order valence-electron chi connectivity index (χ2n) is 6.85. The number of amides is 2. The van der Waals surface area contributed by atoms with Crippen molar-refractivity contribution in [1.82, 2.24) is 10.2 Å². The summed E-state index contributed by atoms with van der Waals surface area (Å²) in [7, 11) is 0. The standard InChI is InChI=1S/C18H24FN3O2/c1-5-10-22(17(23)20-18(2,3)4)12-15-11-16(21-24-15)13-6-8-14(19)9-7-13/h5-9,15H,1,10-12H2,2-4H3,(H,20,23). The quantitative estimate of drug-likeness (QED) is 0.841. The fraction of sp³-hybridized carbons (Fsp3) is 0.444. The number of oxime groups is 1. The lowest BCUT2D eigenvalue weighted by Gasteiger charge is -2.28. The third kappa shape index (κ3) is 5.08. The van der Waals surface area contributed by atoms with Crippen LogP contribution in [-0.4, -0.2) is 41.4 Å². The van der Waals surface area contributed by atoms with Crippen LogP contribution in [0.1, 0.15) is 32.8 Å². The molecule has 1 atom stereocenters. The number of rotatable bonds is 5. The minimum atomic E-state index is -0.317. The summed E-state index contributed by atoms with van der Waals surface area (Å²) in [5.41, 5.74) is 1.27. The van der Waals surface area contributed by atoms with Gasteiger partial charge in [-0.05, 0) is 38.5 Å². The highest BCUT2D eigenvalue weighted by atomic mass is 19.1. The minimum absolute atomic E-state index is 0.166. The van der Waals surface area contributed by atoms with Crippen LogP contribution in [0, 0.1) is 5.82 Å². The molecule has 0 aliphatic carbocycles. The van der Waals surface area contributed by atoms with Crippen molar-refractivity contribution in [3.63, 3.8) is 0 Å². The molecule has 0 fully saturated rings. The van der Waals surface area contributed by atoms with Crippen molar-refractivity contribution in [2.45, 2.75) is 38.8 Å². The second kappa shape index (κ2) is 7.47. The molecule has 0 saturated carbocycles. The Morgan fingerprint density at radius 2 is 2.12 bits per heavy atom. The Balaban J connectivity index is 1.96. The zero-order valence-corrected chi connectivity index (χ0v) is 14.4. The van der Waals surface area contributed by atoms with E-state index in [2.05, 4.69) is 17.1 Å². The van der Waals surface area contributed by atoms with E-state index >= 15 is 0 Å². The molecule has 6 heteroatoms. The van der Waals surface area contributed by atoms with Gasteiger partial charge in [-0.3, -0.25) is 0 Å². The van der Waals surface area contributed by atoms with E-state index in [1.54, 1.807) is 23.1 Å². The summed E-state index contributed by atoms with van der Waals surface area (Å²) in [4.78, 5) is 19.4. The number of halogens is 1. The van der Waals surface area contributed by atoms with Crippen molar-refractivity contribution in [2.24, 2.45) is 5.16 Å². The van der Waals surface area contributed by atoms with Crippen LogP contribution in [0.3, 0.4) is 0 Å². The van der Waals surface area contributed by atoms with Crippen molar-refractivity contribution in [3.05, 3.63) is 48.3 Å². The van der Waals surface area contributed by atoms with Gasteiger partial charge < -0.3 is 15.1 Å². The van der Waals surface area contributed by atoms with E-state index in [9.17, 15) is 9.18 Å². The third-order valence-electron chi connectivity index (χ3n) is 3.45. The number of benzene rings is 1. The predicted octanol–water partition coefficient (Wildman–Crippen LogP) is 3.31. The summed E-state index contributed by atoms with van der Waals surface area (Å²) in [6.45, 7) is 10.3. The van der Waals surface area contributed by atoms with Gasteiger partial charge >= 0.3 is 6.03 Å². The molecule has 0 aromatic heterocycles. The SMILES string of the molecule is C=CCN(CC1CC(c2ccc(F)cc2)=NO1)C(=O)NC(C)(C)C. The van der Waals surface area contributed by atoms with Crippen LogP contribution < -0.4 is 5.32 Å². The van der Waals surface area contributed by atoms with Crippen LogP contribution in [0.2, 0.25) is 0 Å². The number of carbonyl (C=O) groups excluding carboxylic acids is 1. The molecule has 24 heavy (non-hydrogen) atoms. The Bertz CT molecular complexity index is 620. The zero-order valence-electron chi connectivity index (χ0n) is 14.4. The number of nitrogens with zero attached hydrogens (tertiary/aromatic N) is 2. The Morgan fingerprint density at radius 1 is 1.46 bits per heavy atom. The first-order chi connectivity index (χ1) is 11.3. The van der Waals surface area contributed by atoms with Crippen LogP contribution in [0.25, 0.3) is 0 Å². The van der Waals surface area contributed by atoms with Gasteiger partial charge in [0.25, 0.3) is 0 Å². The van der Waals surface area contributed by atoms with Gasteiger partial charge in [-0.2, -0.15) is 0 Å². The van der Waals surface area contributed by atoms with Crippen LogP contribution in [0.4, 0.5) is 9.18 Å². The molecule has 2 rings (SSSR count). The molecule has 1 N–H and O–H groups in total. The van der Waals surface area contributed by atoms with E-state index in [4.69, 9.17) is 4.84 Å². The number of nitrogens with one attached hydrogen (secondary N) is 1. The molecule has 1 aromatic rings. The molecule has 0 saturated heterocycles. The van der Waals surface area contributed by atoms with Crippen LogP contribution in [0.5, 0.6) is 0 Å². The first-order valence-corrected chi connectivity index (χ1v) is 7.95. The highest BCUT2D eigenvalue weighted by Gasteiger charge is 2.27. The normalized spacial score (nSPS) is 17.0. The monoisotopic (exact) mass is 333 g/mol. The predicted molar refractivity (Wildman–Crippen MR) is 92.5 cm³/mol. The lowest BCUT2D eigenvalue weighted by molar-refractivity contribution is 0.0621. The molecule has 0 radical (unpaired) electrons. The molecule has 1 aliphatic heterocycles. The number of urea groups is 1. The average molecular weight is 333 g/mol. The van der Waals surface area contributed by atoms with Gasteiger partial charge in [0.2, 0.25) is 0 Å². The Labute approximate surface area is 142 Å². The van der Waals surface area contributed by atoms with E-state index < -0.39 is 0 Å². The van der Waals surface area contributed by atoms with Gasteiger partial charge in [-0.15, -0.1) is 6.58 Å². The second-order valence-corrected chi connectivity index (χ2v) is 6.85. The van der Waals surface area contributed by atoms with Crippen molar-refractivity contribution in [2.75, 3.05) is 13.1 Å². The van der Waals surface area contributed by atoms with Gasteiger partial charge in [0.05, 0.1) is 12.3 Å². The van der Waals surface area contributed by atoms with Gasteiger partial charge in [0.15, 0.2) is 6.10 Å². The molecule has 2 amide bonds. The van der Waals surface area contributed by atoms with Gasteiger partial charge in [0.1, 0.15) is 5.82 Å². The van der Waals surface area contributed by atoms with Crippen molar-refractivity contribution < 1.29 is 14.0 Å². The topological polar surface area (TPSA) is 53.9 Å². The summed E-state index contributed by atoms with van der Waals surface area (Å²) >= 11 is 0. The molecular formula is C18H24FN3O2. The maximum Gasteiger partial charge on any atom is 0.318 e. The zero-order chi connectivity index (χ0) is 17.7. The molecule has 0 bridgehead atoms. The lowest BCUT2D eigenvalue weighted by atomic mass is 10.0. The molecule has 5 nitrogen and oxygen atoms in total. The number of hydrogen-bond acceptors (Lipinski definition) is 3. The molecule has 130 valence electrons. The van der Waals surface area contributed by atoms with Gasteiger partial charge in [-0.25, -0.2) is 9.18 Å². The highest BCUT2D eigenvalue weighted by Crippen LogP contribution is 2.18. The van der Waals surface area contributed by atoms with Crippen molar-refractivity contribution >= 4 is 11.7 Å². The van der Waals surface area contributed by atoms with Crippen molar-refractivity contribution in [3.8, 4) is 0 Å². The first kappa shape index (κ1) is 18.0. The molecule has 0 spiro atoms. The highest BCUT2D eigenvalue weighted by molar-refractivity contribution is 6.01. The Morgan fingerprint density at radius 3 is 2.71 bits per heavy atom. The van der Waals surface area contributed by atoms with E-state index in [0.29, 0.717) is 19.5 Å². The fourth-order valence-electron chi connectivity index (χ4n) is 2.38. The smallest absolute Gasteiger partial charge is 0.318 e. The first-order valence-electron chi connectivity index (χ1n) is 7.95. The van der Waals surface area contributed by atoms with Crippen LogP contribution in [0.15, 0.2) is 42.1 Å². The van der Waals surface area contributed by atoms with Gasteiger partial charge in [0, 0.05) is 18.5 Å². The average Bonchev–Trinajstić information content (AvgIpc) is 2.94. The number of hydrogen-bond donors (Lipinski definition) is 1. The summed E-state index contributed by atoms with van der Waals surface area (Å²) in [6.07, 6.45) is 2.02. The van der Waals surface area contributed by atoms with Crippen LogP contribution in [-0.2, 0) is 4.84 Å². The summed E-state index contributed by atoms with van der Waals surface area (Å²) in [5, 5.41) is 7.01. The minimum Gasteiger partial charge on any atom is -0.390 e. The Kier molecular flexibility index (Phi) is 5.59. The fourth-order valence-corrected chi connectivity index (χ4v) is 2.38. The maximum atomic E-state index is 13.0. The van der Waals surface area contributed by atoms with E-state index in [1.807, 2.05) is 20.8 Å². The lowest BCUT2D eigenvalue weighted by Crippen LogP contribution is -2.50. The van der Waals surface area contributed by atoms with E-state index in [1.165, 1.54) is 12.1 Å². The summed E-state index contributed by atoms with van der Waals surface area (Å²) in [6, 6.07) is 5.97. The van der Waals surface area contributed by atoms with Crippen LogP contribution >= 0.6 is 0 Å². The molecule has 1 unspecified atom stereocenters. The van der Waals surface area contributed by atoms with E-state index in [-0.39, 0.29) is 23.5 Å². The third-order valence-corrected chi connectivity index (χ3v) is 3.45. The largest absolute Gasteiger partial charge is 0.390 e. The summed E-state index contributed by atoms with van der Waals surface area (Å²) < 4.78 is 13.0. The Hall–Kier alpha value is -2.37. The van der Waals surface area contributed by atoms with Crippen molar-refractivity contribution in [1.29, 1.82) is 0 Å². The molecule has 1 aromatic carbocycles. The van der Waals surface area contributed by atoms with E-state index in [0.717, 1.165) is 11.3 Å². The molecule has 1 heterocycles. The number of carbonyl (C=O) groups is 1. The van der Waals surface area contributed by atoms with Gasteiger partial charge in [-0.1, -0.05) is 23.4 Å². The molecule has 1 aliphatic rings.